The smallest absolute Gasteiger partial charge is 0.263 e. The summed E-state index contributed by atoms with van der Waals surface area (Å²) < 4.78 is 2.38. The van der Waals surface area contributed by atoms with Crippen LogP contribution in [0.5, 0.6) is 0 Å². The molecule has 2 heterocycles. The number of hydrogen-bond donors (Lipinski definition) is 1. The predicted molar refractivity (Wildman–Crippen MR) is 117 cm³/mol. The minimum atomic E-state index is -0.267. The molecule has 0 aliphatic heterocycles. The number of carbonyl (C=O) groups is 1. The number of amides is 1. The van der Waals surface area contributed by atoms with Crippen LogP contribution in [0.2, 0.25) is 0 Å². The van der Waals surface area contributed by atoms with E-state index < -0.39 is 0 Å². The van der Waals surface area contributed by atoms with Crippen molar-refractivity contribution in [2.24, 2.45) is 0 Å². The number of carbonyl (C=O) groups excluding carboxylic acids is 1. The number of halogens is 1. The molecule has 0 saturated heterocycles. The Morgan fingerprint density at radius 2 is 1.96 bits per heavy atom. The zero-order valence-electron chi connectivity index (χ0n) is 14.1. The number of thiophene rings is 1. The first-order valence-electron chi connectivity index (χ1n) is 8.19. The number of benzene rings is 2. The first-order chi connectivity index (χ1) is 13.1. The second-order valence-corrected chi connectivity index (χ2v) is 8.04. The molecule has 7 heteroatoms. The third-order valence-corrected chi connectivity index (χ3v) is 5.63. The average molecular weight is 487 g/mol. The standard InChI is InChI=1S/C20H14IN3O2S/c21-14-7-4-8-15(9-14)23-17(25)10-24-12-22-19-18(20(24)26)16(11-27-19)13-5-2-1-3-6-13/h1-9,11-12H,10H2,(H,23,25). The van der Waals surface area contributed by atoms with E-state index in [0.717, 1.165) is 14.7 Å². The monoisotopic (exact) mass is 487 g/mol. The minimum Gasteiger partial charge on any atom is -0.325 e. The average Bonchev–Trinajstić information content (AvgIpc) is 3.10. The Morgan fingerprint density at radius 1 is 1.15 bits per heavy atom. The van der Waals surface area contributed by atoms with Crippen molar-refractivity contribution in [1.29, 1.82) is 0 Å². The van der Waals surface area contributed by atoms with Gasteiger partial charge < -0.3 is 5.32 Å². The Hall–Kier alpha value is -2.52. The van der Waals surface area contributed by atoms with E-state index in [4.69, 9.17) is 0 Å². The highest BCUT2D eigenvalue weighted by Gasteiger charge is 2.14. The maximum absolute atomic E-state index is 13.0. The number of fused-ring (bicyclic) bond motifs is 1. The summed E-state index contributed by atoms with van der Waals surface area (Å²) in [6, 6.07) is 17.2. The highest BCUT2D eigenvalue weighted by atomic mass is 127. The van der Waals surface area contributed by atoms with E-state index in [0.29, 0.717) is 15.9 Å². The second kappa shape index (κ2) is 7.61. The fourth-order valence-electron chi connectivity index (χ4n) is 2.83. The quantitative estimate of drug-likeness (QED) is 0.435. The number of nitrogens with zero attached hydrogens (tertiary/aromatic N) is 2. The molecule has 5 nitrogen and oxygen atoms in total. The van der Waals surface area contributed by atoms with Crippen molar-refractivity contribution in [3.8, 4) is 11.1 Å². The lowest BCUT2D eigenvalue weighted by Gasteiger charge is -2.08. The minimum absolute atomic E-state index is 0.0860. The van der Waals surface area contributed by atoms with Gasteiger partial charge in [-0.05, 0) is 46.4 Å². The van der Waals surface area contributed by atoms with Crippen molar-refractivity contribution in [2.45, 2.75) is 6.54 Å². The molecule has 0 spiro atoms. The lowest BCUT2D eigenvalue weighted by Crippen LogP contribution is -2.27. The maximum atomic E-state index is 13.0. The van der Waals surface area contributed by atoms with E-state index in [-0.39, 0.29) is 18.0 Å². The molecule has 0 bridgehead atoms. The van der Waals surface area contributed by atoms with Crippen LogP contribution in [-0.2, 0) is 11.3 Å². The van der Waals surface area contributed by atoms with Crippen LogP contribution < -0.4 is 10.9 Å². The van der Waals surface area contributed by atoms with E-state index >= 15 is 0 Å². The molecule has 0 radical (unpaired) electrons. The van der Waals surface area contributed by atoms with Gasteiger partial charge in [0.05, 0.1) is 11.7 Å². The number of rotatable bonds is 4. The molecule has 27 heavy (non-hydrogen) atoms. The molecule has 0 fully saturated rings. The van der Waals surface area contributed by atoms with Gasteiger partial charge in [0.25, 0.3) is 5.56 Å². The molecule has 0 saturated carbocycles. The van der Waals surface area contributed by atoms with Gasteiger partial charge in [-0.25, -0.2) is 4.98 Å². The molecule has 0 aliphatic rings. The molecule has 2 aromatic carbocycles. The van der Waals surface area contributed by atoms with Crippen LogP contribution in [0.4, 0.5) is 5.69 Å². The zero-order valence-corrected chi connectivity index (χ0v) is 17.0. The van der Waals surface area contributed by atoms with Gasteiger partial charge in [-0.15, -0.1) is 11.3 Å². The van der Waals surface area contributed by atoms with Crippen LogP contribution in [0.1, 0.15) is 0 Å². The summed E-state index contributed by atoms with van der Waals surface area (Å²) in [5, 5.41) is 5.30. The van der Waals surface area contributed by atoms with Crippen LogP contribution in [0, 0.1) is 3.57 Å². The molecule has 2 aromatic heterocycles. The summed E-state index contributed by atoms with van der Waals surface area (Å²) in [6.45, 7) is -0.0860. The molecular weight excluding hydrogens is 473 g/mol. The molecule has 1 amide bonds. The topological polar surface area (TPSA) is 64.0 Å². The summed E-state index contributed by atoms with van der Waals surface area (Å²) in [5.41, 5.74) is 2.30. The molecule has 4 aromatic rings. The normalized spacial score (nSPS) is 10.9. The van der Waals surface area contributed by atoms with Gasteiger partial charge in [0.2, 0.25) is 5.91 Å². The van der Waals surface area contributed by atoms with Crippen LogP contribution in [-0.4, -0.2) is 15.5 Å². The molecule has 134 valence electrons. The highest BCUT2D eigenvalue weighted by Crippen LogP contribution is 2.30. The first kappa shape index (κ1) is 17.9. The predicted octanol–water partition coefficient (Wildman–Crippen LogP) is 4.37. The van der Waals surface area contributed by atoms with E-state index in [1.165, 1.54) is 22.2 Å². The van der Waals surface area contributed by atoms with Crippen molar-refractivity contribution in [3.63, 3.8) is 0 Å². The number of aromatic nitrogens is 2. The van der Waals surface area contributed by atoms with Gasteiger partial charge >= 0.3 is 0 Å². The Balaban J connectivity index is 1.66. The molecule has 4 rings (SSSR count). The van der Waals surface area contributed by atoms with E-state index in [2.05, 4.69) is 32.9 Å². The van der Waals surface area contributed by atoms with E-state index in [1.54, 1.807) is 0 Å². The van der Waals surface area contributed by atoms with Crippen molar-refractivity contribution >= 4 is 55.7 Å². The van der Waals surface area contributed by atoms with Gasteiger partial charge in [0.1, 0.15) is 11.4 Å². The summed E-state index contributed by atoms with van der Waals surface area (Å²) in [7, 11) is 0. The Kier molecular flexibility index (Phi) is 5.04. The molecule has 0 unspecified atom stereocenters. The number of nitrogens with one attached hydrogen (secondary N) is 1. The summed E-state index contributed by atoms with van der Waals surface area (Å²) in [6.07, 6.45) is 1.43. The number of hydrogen-bond acceptors (Lipinski definition) is 4. The van der Waals surface area contributed by atoms with Crippen LogP contribution >= 0.6 is 33.9 Å². The Labute approximate surface area is 172 Å². The van der Waals surface area contributed by atoms with Crippen molar-refractivity contribution in [3.05, 3.63) is 80.2 Å². The summed E-state index contributed by atoms with van der Waals surface area (Å²) >= 11 is 3.61. The van der Waals surface area contributed by atoms with Crippen LogP contribution in [0.25, 0.3) is 21.3 Å². The third-order valence-electron chi connectivity index (χ3n) is 4.07. The second-order valence-electron chi connectivity index (χ2n) is 5.93. The van der Waals surface area contributed by atoms with Crippen molar-refractivity contribution < 1.29 is 4.79 Å². The number of anilines is 1. The SMILES string of the molecule is O=C(Cn1cnc2scc(-c3ccccc3)c2c1=O)Nc1cccc(I)c1. The van der Waals surface area contributed by atoms with E-state index in [9.17, 15) is 9.59 Å². The van der Waals surface area contributed by atoms with Crippen LogP contribution in [0.3, 0.4) is 0 Å². The fourth-order valence-corrected chi connectivity index (χ4v) is 4.28. The lowest BCUT2D eigenvalue weighted by atomic mass is 10.1. The fraction of sp³-hybridized carbons (Fsp3) is 0.0500. The molecular formula is C20H14IN3O2S. The third kappa shape index (κ3) is 3.79. The van der Waals surface area contributed by atoms with Gasteiger partial charge in [0, 0.05) is 20.2 Å². The largest absolute Gasteiger partial charge is 0.325 e. The Bertz CT molecular complexity index is 1180. The zero-order chi connectivity index (χ0) is 18.8. The van der Waals surface area contributed by atoms with Gasteiger partial charge in [-0.1, -0.05) is 36.4 Å². The van der Waals surface area contributed by atoms with Crippen molar-refractivity contribution in [1.82, 2.24) is 9.55 Å². The van der Waals surface area contributed by atoms with E-state index in [1.807, 2.05) is 60.0 Å². The van der Waals surface area contributed by atoms with Gasteiger partial charge in [0.15, 0.2) is 0 Å². The summed E-state index contributed by atoms with van der Waals surface area (Å²) in [4.78, 5) is 30.4. The summed E-state index contributed by atoms with van der Waals surface area (Å²) in [5.74, 6) is -0.267. The highest BCUT2D eigenvalue weighted by molar-refractivity contribution is 14.1. The lowest BCUT2D eigenvalue weighted by molar-refractivity contribution is -0.116. The van der Waals surface area contributed by atoms with Crippen LogP contribution in [0.15, 0.2) is 71.1 Å². The molecule has 0 atom stereocenters. The molecule has 1 N–H and O–H groups in total. The molecule has 0 aliphatic carbocycles. The van der Waals surface area contributed by atoms with Gasteiger partial charge in [-0.2, -0.15) is 0 Å². The first-order valence-corrected chi connectivity index (χ1v) is 10.1. The van der Waals surface area contributed by atoms with Crippen molar-refractivity contribution in [2.75, 3.05) is 5.32 Å². The maximum Gasteiger partial charge on any atom is 0.263 e. The Morgan fingerprint density at radius 3 is 2.74 bits per heavy atom. The van der Waals surface area contributed by atoms with Gasteiger partial charge in [-0.3, -0.25) is 14.2 Å².